The molecule has 0 amide bonds. The van der Waals surface area contributed by atoms with Gasteiger partial charge >= 0.3 is 0 Å². The summed E-state index contributed by atoms with van der Waals surface area (Å²) in [5.41, 5.74) is 5.93. The molecule has 10 heavy (non-hydrogen) atoms. The van der Waals surface area contributed by atoms with Crippen molar-refractivity contribution in [3.63, 3.8) is 0 Å². The van der Waals surface area contributed by atoms with Crippen LogP contribution in [0.1, 0.15) is 25.7 Å². The first-order valence-electron chi connectivity index (χ1n) is 4.60. The van der Waals surface area contributed by atoms with Crippen LogP contribution in [-0.4, -0.2) is 6.85 Å². The van der Waals surface area contributed by atoms with Crippen LogP contribution in [0.4, 0.5) is 0 Å². The maximum atomic E-state index is 5.93. The van der Waals surface area contributed by atoms with Gasteiger partial charge in [0, 0.05) is 0 Å². The van der Waals surface area contributed by atoms with Gasteiger partial charge in [-0.25, -0.2) is 0 Å². The van der Waals surface area contributed by atoms with Crippen LogP contribution in [0.2, 0.25) is 12.6 Å². The summed E-state index contributed by atoms with van der Waals surface area (Å²) in [5, 5.41) is 0. The van der Waals surface area contributed by atoms with Crippen LogP contribution >= 0.6 is 0 Å². The topological polar surface area (TPSA) is 26.0 Å². The van der Waals surface area contributed by atoms with Gasteiger partial charge in [-0.05, 0) is 18.3 Å². The summed E-state index contributed by atoms with van der Waals surface area (Å²) in [6, 6.07) is 0. The molecule has 0 radical (unpaired) electrons. The Hall–Kier alpha value is 0.0249. The molecule has 1 nitrogen and oxygen atoms in total. The maximum absolute atomic E-state index is 5.93. The summed E-state index contributed by atoms with van der Waals surface area (Å²) in [4.78, 5) is 0. The second-order valence-electron chi connectivity index (χ2n) is 4.13. The third-order valence-corrected chi connectivity index (χ3v) is 3.16. The highest BCUT2D eigenvalue weighted by molar-refractivity contribution is 6.55. The molecule has 0 aromatic carbocycles. The predicted octanol–water partition coefficient (Wildman–Crippen LogP) is 1.76. The largest absolute Gasteiger partial charge is 0.370 e. The van der Waals surface area contributed by atoms with Crippen LogP contribution in [0.25, 0.3) is 0 Å². The molecule has 2 atom stereocenters. The lowest BCUT2D eigenvalue weighted by Gasteiger charge is -2.36. The lowest BCUT2D eigenvalue weighted by Crippen LogP contribution is -2.37. The van der Waals surface area contributed by atoms with Crippen LogP contribution in [0, 0.1) is 11.8 Å². The Balaban J connectivity index is 1.98. The molecule has 2 fully saturated rings. The Morgan fingerprint density at radius 1 is 1.10 bits per heavy atom. The molecule has 2 rings (SSSR count). The Kier molecular flexibility index (Phi) is 1.73. The Morgan fingerprint density at radius 2 is 1.70 bits per heavy atom. The summed E-state index contributed by atoms with van der Waals surface area (Å²) in [5.74, 6) is 2.00. The van der Waals surface area contributed by atoms with E-state index in [4.69, 9.17) is 5.64 Å². The molecule has 1 aliphatic carbocycles. The summed E-state index contributed by atoms with van der Waals surface area (Å²) < 4.78 is 0. The van der Waals surface area contributed by atoms with Crippen molar-refractivity contribution >= 4 is 6.85 Å². The van der Waals surface area contributed by atoms with Gasteiger partial charge < -0.3 is 5.64 Å². The summed E-state index contributed by atoms with van der Waals surface area (Å²) in [7, 11) is 0. The molecule has 2 unspecified atom stereocenters. The van der Waals surface area contributed by atoms with Gasteiger partial charge in [0.15, 0.2) is 0 Å². The Bertz CT molecular complexity index is 110. The van der Waals surface area contributed by atoms with Crippen LogP contribution in [-0.2, 0) is 0 Å². The van der Waals surface area contributed by atoms with E-state index in [0.29, 0.717) is 6.85 Å². The monoisotopic (exact) mass is 137 g/mol. The Labute approximate surface area is 63.5 Å². The van der Waals surface area contributed by atoms with Gasteiger partial charge in [-0.2, -0.15) is 0 Å². The Morgan fingerprint density at radius 3 is 2.30 bits per heavy atom. The van der Waals surface area contributed by atoms with E-state index >= 15 is 0 Å². The molecular weight excluding hydrogens is 121 g/mol. The van der Waals surface area contributed by atoms with Gasteiger partial charge in [-0.1, -0.05) is 31.9 Å². The fraction of sp³-hybridized carbons (Fsp3) is 1.00. The molecule has 0 spiro atoms. The van der Waals surface area contributed by atoms with Gasteiger partial charge in [0.1, 0.15) is 0 Å². The molecule has 2 heteroatoms. The highest BCUT2D eigenvalue weighted by atomic mass is 14.5. The van der Waals surface area contributed by atoms with E-state index in [0.717, 1.165) is 11.8 Å². The lowest BCUT2D eigenvalue weighted by atomic mass is 9.45. The third kappa shape index (κ3) is 1.22. The van der Waals surface area contributed by atoms with Crippen molar-refractivity contribution < 1.29 is 0 Å². The SMILES string of the molecule is NB1CC2CCCC(C1)C2. The average Bonchev–Trinajstić information content (AvgIpc) is 1.85. The smallest absolute Gasteiger partial charge is 0.218 e. The quantitative estimate of drug-likeness (QED) is 0.505. The van der Waals surface area contributed by atoms with Crippen molar-refractivity contribution in [3.05, 3.63) is 0 Å². The fourth-order valence-electron chi connectivity index (χ4n) is 2.78. The van der Waals surface area contributed by atoms with Crippen LogP contribution in [0.15, 0.2) is 0 Å². The summed E-state index contributed by atoms with van der Waals surface area (Å²) in [6.45, 7) is 0.545. The molecule has 1 saturated carbocycles. The predicted molar refractivity (Wildman–Crippen MR) is 45.0 cm³/mol. The van der Waals surface area contributed by atoms with E-state index in [2.05, 4.69) is 0 Å². The minimum absolute atomic E-state index is 0.545. The maximum Gasteiger partial charge on any atom is 0.218 e. The number of fused-ring (bicyclic) bond motifs is 2. The second-order valence-corrected chi connectivity index (χ2v) is 4.13. The van der Waals surface area contributed by atoms with Gasteiger partial charge in [-0.15, -0.1) is 0 Å². The molecule has 0 aromatic rings. The highest BCUT2D eigenvalue weighted by Crippen LogP contribution is 2.39. The number of hydrogen-bond acceptors (Lipinski definition) is 1. The van der Waals surface area contributed by atoms with Crippen LogP contribution in [0.5, 0.6) is 0 Å². The molecule has 1 saturated heterocycles. The summed E-state index contributed by atoms with van der Waals surface area (Å²) >= 11 is 0. The molecule has 1 heterocycles. The zero-order valence-corrected chi connectivity index (χ0v) is 6.55. The summed E-state index contributed by atoms with van der Waals surface area (Å²) in [6.07, 6.45) is 8.52. The van der Waals surface area contributed by atoms with Crippen molar-refractivity contribution in [1.82, 2.24) is 0 Å². The van der Waals surface area contributed by atoms with Crippen molar-refractivity contribution in [2.45, 2.75) is 38.3 Å². The fourth-order valence-corrected chi connectivity index (χ4v) is 2.78. The first-order valence-corrected chi connectivity index (χ1v) is 4.60. The lowest BCUT2D eigenvalue weighted by molar-refractivity contribution is 0.281. The number of nitrogens with two attached hydrogens (primary N) is 1. The number of rotatable bonds is 0. The van der Waals surface area contributed by atoms with Crippen LogP contribution < -0.4 is 5.64 Å². The van der Waals surface area contributed by atoms with Gasteiger partial charge in [-0.3, -0.25) is 0 Å². The van der Waals surface area contributed by atoms with E-state index in [9.17, 15) is 0 Å². The van der Waals surface area contributed by atoms with E-state index in [1.165, 1.54) is 38.3 Å². The van der Waals surface area contributed by atoms with Gasteiger partial charge in [0.2, 0.25) is 6.85 Å². The molecule has 2 aliphatic rings. The third-order valence-electron chi connectivity index (χ3n) is 3.16. The zero-order chi connectivity index (χ0) is 6.97. The van der Waals surface area contributed by atoms with E-state index < -0.39 is 0 Å². The molecule has 1 aliphatic heterocycles. The molecule has 2 N–H and O–H groups in total. The molecule has 56 valence electrons. The van der Waals surface area contributed by atoms with Gasteiger partial charge in [0.25, 0.3) is 0 Å². The highest BCUT2D eigenvalue weighted by Gasteiger charge is 2.31. The van der Waals surface area contributed by atoms with Crippen LogP contribution in [0.3, 0.4) is 0 Å². The van der Waals surface area contributed by atoms with Crippen molar-refractivity contribution in [3.8, 4) is 0 Å². The van der Waals surface area contributed by atoms with Crippen molar-refractivity contribution in [2.75, 3.05) is 0 Å². The minimum atomic E-state index is 0.545. The molecular formula is C8H16BN. The molecule has 0 aromatic heterocycles. The zero-order valence-electron chi connectivity index (χ0n) is 6.55. The number of hydrogen-bond donors (Lipinski definition) is 1. The van der Waals surface area contributed by atoms with Crippen molar-refractivity contribution in [2.24, 2.45) is 17.5 Å². The average molecular weight is 137 g/mol. The first kappa shape index (κ1) is 6.72. The molecule has 2 bridgehead atoms. The van der Waals surface area contributed by atoms with E-state index in [-0.39, 0.29) is 0 Å². The van der Waals surface area contributed by atoms with E-state index in [1.807, 2.05) is 0 Å². The normalized spacial score (nSPS) is 39.9. The van der Waals surface area contributed by atoms with Crippen molar-refractivity contribution in [1.29, 1.82) is 0 Å². The standard InChI is InChI=1S/C8H16BN/c10-9-5-7-2-1-3-8(4-7)6-9/h7-8H,1-6,10H2. The van der Waals surface area contributed by atoms with Gasteiger partial charge in [0.05, 0.1) is 0 Å². The second kappa shape index (κ2) is 2.57. The minimum Gasteiger partial charge on any atom is -0.370 e. The van der Waals surface area contributed by atoms with E-state index in [1.54, 1.807) is 0 Å². The first-order chi connectivity index (χ1) is 4.84.